The van der Waals surface area contributed by atoms with Gasteiger partial charge in [-0.2, -0.15) is 0 Å². The van der Waals surface area contributed by atoms with Crippen LogP contribution in [0.3, 0.4) is 0 Å². The lowest BCUT2D eigenvalue weighted by Gasteiger charge is -2.45. The van der Waals surface area contributed by atoms with Crippen LogP contribution in [0, 0.1) is 0 Å². The van der Waals surface area contributed by atoms with Crippen LogP contribution in [0.25, 0.3) is 0 Å². The Balaban J connectivity index is 2.38. The molecular weight excluding hydrogens is 242 g/mol. The molecule has 2 unspecified atom stereocenters. The lowest BCUT2D eigenvalue weighted by Crippen LogP contribution is -2.56. The molecule has 19 heavy (non-hydrogen) atoms. The molecule has 2 rings (SSSR count). The van der Waals surface area contributed by atoms with Crippen LogP contribution in [0.2, 0.25) is 0 Å². The highest BCUT2D eigenvalue weighted by molar-refractivity contribution is 5.46. The van der Waals surface area contributed by atoms with E-state index in [0.29, 0.717) is 11.5 Å². The maximum Gasteiger partial charge on any atom is 0.162 e. The van der Waals surface area contributed by atoms with Gasteiger partial charge in [0, 0.05) is 6.04 Å². The number of aliphatic hydroxyl groups is 1. The van der Waals surface area contributed by atoms with Gasteiger partial charge in [0.05, 0.1) is 6.10 Å². The third-order valence-electron chi connectivity index (χ3n) is 3.99. The predicted octanol–water partition coefficient (Wildman–Crippen LogP) is 2.40. The van der Waals surface area contributed by atoms with Crippen molar-refractivity contribution in [1.29, 1.82) is 0 Å². The normalized spacial score (nSPS) is 22.7. The van der Waals surface area contributed by atoms with E-state index in [0.717, 1.165) is 5.56 Å². The third kappa shape index (κ3) is 2.42. The van der Waals surface area contributed by atoms with E-state index < -0.39 is 17.3 Å². The van der Waals surface area contributed by atoms with Gasteiger partial charge >= 0.3 is 0 Å². The van der Waals surface area contributed by atoms with E-state index in [9.17, 15) is 5.11 Å². The molecule has 0 fully saturated rings. The number of fused-ring (bicyclic) bond motifs is 1. The third-order valence-corrected chi connectivity index (χ3v) is 3.99. The van der Waals surface area contributed by atoms with Gasteiger partial charge in [0.2, 0.25) is 0 Å². The molecule has 1 aromatic rings. The molecule has 1 aliphatic heterocycles. The number of benzene rings is 1. The van der Waals surface area contributed by atoms with E-state index in [1.165, 1.54) is 0 Å². The van der Waals surface area contributed by atoms with Gasteiger partial charge in [0.1, 0.15) is 11.2 Å². The molecule has 0 radical (unpaired) electrons. The van der Waals surface area contributed by atoms with E-state index >= 15 is 0 Å². The van der Waals surface area contributed by atoms with Crippen LogP contribution >= 0.6 is 0 Å². The van der Waals surface area contributed by atoms with Crippen LogP contribution < -0.4 is 15.2 Å². The highest BCUT2D eigenvalue weighted by Crippen LogP contribution is 2.44. The minimum absolute atomic E-state index is 0.327. The van der Waals surface area contributed by atoms with Gasteiger partial charge < -0.3 is 20.3 Å². The zero-order chi connectivity index (χ0) is 14.4. The summed E-state index contributed by atoms with van der Waals surface area (Å²) in [6, 6.07) is 5.13. The van der Waals surface area contributed by atoms with Crippen molar-refractivity contribution in [2.45, 2.75) is 58.0 Å². The molecule has 0 spiro atoms. The molecule has 4 heteroatoms. The maximum atomic E-state index is 10.0. The quantitative estimate of drug-likeness (QED) is 0.861. The zero-order valence-corrected chi connectivity index (χ0v) is 12.2. The average molecular weight is 265 g/mol. The van der Waals surface area contributed by atoms with Gasteiger partial charge in [-0.25, -0.2) is 0 Å². The van der Waals surface area contributed by atoms with Crippen LogP contribution in [0.5, 0.6) is 11.5 Å². The Kier molecular flexibility index (Phi) is 3.27. The maximum absolute atomic E-state index is 10.0. The van der Waals surface area contributed by atoms with Crippen molar-refractivity contribution < 1.29 is 14.6 Å². The first-order chi connectivity index (χ1) is 8.64. The predicted molar refractivity (Wildman–Crippen MR) is 74.5 cm³/mol. The second-order valence-electron chi connectivity index (χ2n) is 6.23. The van der Waals surface area contributed by atoms with Gasteiger partial charge in [0.15, 0.2) is 11.5 Å². The van der Waals surface area contributed by atoms with Gasteiger partial charge in [-0.1, -0.05) is 6.07 Å². The molecular formula is C15H23NO3. The summed E-state index contributed by atoms with van der Waals surface area (Å²) in [5.41, 5.74) is 5.60. The Bertz CT molecular complexity index is 480. The van der Waals surface area contributed by atoms with Gasteiger partial charge in [-0.15, -0.1) is 0 Å². The molecule has 106 valence electrons. The second kappa shape index (κ2) is 4.39. The van der Waals surface area contributed by atoms with Crippen molar-refractivity contribution in [3.63, 3.8) is 0 Å². The summed E-state index contributed by atoms with van der Waals surface area (Å²) in [4.78, 5) is 0. The standard InChI is InChI=1S/C15H23NO3/c1-9(16)13(17)10-6-7-11-12(8-10)19-15(4,5)14(2,3)18-11/h6-9,13,17H,16H2,1-5H3. The number of aliphatic hydroxyl groups excluding tert-OH is 1. The van der Waals surface area contributed by atoms with Crippen molar-refractivity contribution in [3.05, 3.63) is 23.8 Å². The summed E-state index contributed by atoms with van der Waals surface area (Å²) >= 11 is 0. The zero-order valence-electron chi connectivity index (χ0n) is 12.2. The van der Waals surface area contributed by atoms with E-state index in [4.69, 9.17) is 15.2 Å². The molecule has 0 aliphatic carbocycles. The minimum atomic E-state index is -0.702. The number of rotatable bonds is 2. The van der Waals surface area contributed by atoms with Gasteiger partial charge in [-0.3, -0.25) is 0 Å². The van der Waals surface area contributed by atoms with Crippen LogP contribution in [-0.4, -0.2) is 22.4 Å². The van der Waals surface area contributed by atoms with Gasteiger partial charge in [-0.05, 0) is 52.3 Å². The summed E-state index contributed by atoms with van der Waals surface area (Å²) in [6.07, 6.45) is -0.702. The summed E-state index contributed by atoms with van der Waals surface area (Å²) < 4.78 is 12.0. The first-order valence-corrected chi connectivity index (χ1v) is 6.60. The monoisotopic (exact) mass is 265 g/mol. The average Bonchev–Trinajstić information content (AvgIpc) is 2.28. The minimum Gasteiger partial charge on any atom is -0.480 e. The van der Waals surface area contributed by atoms with Crippen molar-refractivity contribution in [2.24, 2.45) is 5.73 Å². The summed E-state index contributed by atoms with van der Waals surface area (Å²) in [5, 5.41) is 10.0. The van der Waals surface area contributed by atoms with Crippen LogP contribution in [-0.2, 0) is 0 Å². The molecule has 1 heterocycles. The Hall–Kier alpha value is -1.26. The molecule has 0 amide bonds. The molecule has 0 saturated carbocycles. The van der Waals surface area contributed by atoms with E-state index in [1.54, 1.807) is 13.0 Å². The number of hydrogen-bond donors (Lipinski definition) is 2. The number of nitrogens with two attached hydrogens (primary N) is 1. The van der Waals surface area contributed by atoms with Gasteiger partial charge in [0.25, 0.3) is 0 Å². The molecule has 3 N–H and O–H groups in total. The summed E-state index contributed by atoms with van der Waals surface area (Å²) in [5.74, 6) is 1.35. The first-order valence-electron chi connectivity index (χ1n) is 6.60. The molecule has 4 nitrogen and oxygen atoms in total. The Labute approximate surface area is 114 Å². The Morgan fingerprint density at radius 1 is 1.05 bits per heavy atom. The molecule has 0 aromatic heterocycles. The summed E-state index contributed by atoms with van der Waals surface area (Å²) in [7, 11) is 0. The van der Waals surface area contributed by atoms with Crippen molar-refractivity contribution in [2.75, 3.05) is 0 Å². The Morgan fingerprint density at radius 2 is 1.58 bits per heavy atom. The number of hydrogen-bond acceptors (Lipinski definition) is 4. The lowest BCUT2D eigenvalue weighted by atomic mass is 9.87. The fraction of sp³-hybridized carbons (Fsp3) is 0.600. The largest absolute Gasteiger partial charge is 0.480 e. The fourth-order valence-corrected chi connectivity index (χ4v) is 1.97. The van der Waals surface area contributed by atoms with E-state index in [2.05, 4.69) is 0 Å². The second-order valence-corrected chi connectivity index (χ2v) is 6.23. The summed E-state index contributed by atoms with van der Waals surface area (Å²) in [6.45, 7) is 9.75. The first kappa shape index (κ1) is 14.2. The lowest BCUT2D eigenvalue weighted by molar-refractivity contribution is -0.0992. The molecule has 0 saturated heterocycles. The van der Waals surface area contributed by atoms with Crippen LogP contribution in [0.1, 0.15) is 46.3 Å². The van der Waals surface area contributed by atoms with E-state index in [-0.39, 0.29) is 6.04 Å². The smallest absolute Gasteiger partial charge is 0.162 e. The highest BCUT2D eigenvalue weighted by Gasteiger charge is 2.45. The van der Waals surface area contributed by atoms with Crippen molar-refractivity contribution in [3.8, 4) is 11.5 Å². The van der Waals surface area contributed by atoms with Crippen molar-refractivity contribution >= 4 is 0 Å². The fourth-order valence-electron chi connectivity index (χ4n) is 1.97. The topological polar surface area (TPSA) is 64.7 Å². The SMILES string of the molecule is CC(N)C(O)c1ccc2c(c1)OC(C)(C)C(C)(C)O2. The van der Waals surface area contributed by atoms with Crippen LogP contribution in [0.4, 0.5) is 0 Å². The van der Waals surface area contributed by atoms with E-state index in [1.807, 2.05) is 39.8 Å². The molecule has 2 atom stereocenters. The van der Waals surface area contributed by atoms with Crippen molar-refractivity contribution in [1.82, 2.24) is 0 Å². The highest BCUT2D eigenvalue weighted by atomic mass is 16.6. The molecule has 1 aromatic carbocycles. The number of ether oxygens (including phenoxy) is 2. The molecule has 1 aliphatic rings. The van der Waals surface area contributed by atoms with Crippen LogP contribution in [0.15, 0.2) is 18.2 Å². The Morgan fingerprint density at radius 3 is 2.11 bits per heavy atom. The molecule has 0 bridgehead atoms.